The van der Waals surface area contributed by atoms with Gasteiger partial charge in [-0.2, -0.15) is 5.10 Å². The summed E-state index contributed by atoms with van der Waals surface area (Å²) in [6.45, 7) is 3.25. The largest absolute Gasteiger partial charge is 0.478 e. The van der Waals surface area contributed by atoms with Crippen molar-refractivity contribution < 1.29 is 24.4 Å². The number of carbonyl (C=O) groups is 2. The normalized spacial score (nSPS) is 10.9. The van der Waals surface area contributed by atoms with Crippen LogP contribution in [-0.2, 0) is 4.79 Å². The second kappa shape index (κ2) is 9.96. The van der Waals surface area contributed by atoms with Gasteiger partial charge in [0.15, 0.2) is 12.4 Å². The minimum Gasteiger partial charge on any atom is -0.478 e. The Balaban J connectivity index is 1.68. The molecule has 2 N–H and O–H groups in total. The summed E-state index contributed by atoms with van der Waals surface area (Å²) in [7, 11) is 0. The number of hydrogen-bond acceptors (Lipinski definition) is 6. The third kappa shape index (κ3) is 5.36. The highest BCUT2D eigenvalue weighted by atomic mass is 35.5. The first-order chi connectivity index (χ1) is 15.7. The van der Waals surface area contributed by atoms with Crippen LogP contribution in [0.25, 0.3) is 5.69 Å². The van der Waals surface area contributed by atoms with Crippen molar-refractivity contribution in [1.82, 2.24) is 9.99 Å². The fraction of sp³-hybridized carbons (Fsp3) is 0.136. The van der Waals surface area contributed by atoms with Gasteiger partial charge in [0.2, 0.25) is 0 Å². The molecule has 0 bridgehead atoms. The average Bonchev–Trinajstić information content (AvgIpc) is 3.05. The molecule has 0 spiro atoms. The van der Waals surface area contributed by atoms with Crippen molar-refractivity contribution in [3.63, 3.8) is 0 Å². The summed E-state index contributed by atoms with van der Waals surface area (Å²) in [5.74, 6) is -1.71. The Morgan fingerprint density at radius 3 is 2.64 bits per heavy atom. The monoisotopic (exact) mass is 470 g/mol. The lowest BCUT2D eigenvalue weighted by atomic mass is 10.2. The Kier molecular flexibility index (Phi) is 7.09. The van der Waals surface area contributed by atoms with Crippen molar-refractivity contribution >= 4 is 35.4 Å². The molecular formula is C22H19ClN4O6. The maximum absolute atomic E-state index is 12.0. The van der Waals surface area contributed by atoms with Crippen molar-refractivity contribution in [2.45, 2.75) is 13.8 Å². The van der Waals surface area contributed by atoms with Crippen LogP contribution in [0.2, 0.25) is 5.02 Å². The fourth-order valence-corrected chi connectivity index (χ4v) is 3.47. The van der Waals surface area contributed by atoms with E-state index in [0.717, 1.165) is 11.4 Å². The minimum absolute atomic E-state index is 0.00966. The fourth-order valence-electron chi connectivity index (χ4n) is 3.21. The van der Waals surface area contributed by atoms with E-state index in [2.05, 4.69) is 10.5 Å². The number of halogens is 1. The Morgan fingerprint density at radius 2 is 1.97 bits per heavy atom. The first kappa shape index (κ1) is 23.5. The maximum atomic E-state index is 12.0. The number of amides is 1. The highest BCUT2D eigenvalue weighted by molar-refractivity contribution is 6.33. The molecule has 1 amide bonds. The van der Waals surface area contributed by atoms with Crippen LogP contribution in [0.3, 0.4) is 0 Å². The molecule has 10 nitrogen and oxygen atoms in total. The number of ether oxygens (including phenoxy) is 1. The molecule has 11 heteroatoms. The molecule has 0 saturated heterocycles. The highest BCUT2D eigenvalue weighted by Gasteiger charge is 2.15. The zero-order valence-electron chi connectivity index (χ0n) is 17.6. The number of rotatable bonds is 8. The predicted molar refractivity (Wildman–Crippen MR) is 122 cm³/mol. The second-order valence-corrected chi connectivity index (χ2v) is 7.35. The van der Waals surface area contributed by atoms with Crippen LogP contribution >= 0.6 is 11.6 Å². The van der Waals surface area contributed by atoms with Gasteiger partial charge in [0.05, 0.1) is 21.7 Å². The summed E-state index contributed by atoms with van der Waals surface area (Å²) in [6.07, 6.45) is 1.45. The standard InChI is InChI=1S/C22H19ClN4O6/c1-13-9-15(14(2)26(13)16-7-8-17(22(29)30)18(23)10-16)11-24-25-21(28)12-33-20-6-4-3-5-19(20)27(31)32/h3-11H,12H2,1-2H3,(H,25,28)(H,29,30)/b24-11+. The summed E-state index contributed by atoms with van der Waals surface area (Å²) in [6, 6.07) is 12.2. The van der Waals surface area contributed by atoms with Crippen LogP contribution in [0.1, 0.15) is 27.3 Å². The van der Waals surface area contributed by atoms with E-state index in [-0.39, 0.29) is 22.0 Å². The third-order valence-electron chi connectivity index (χ3n) is 4.73. The number of aromatic nitrogens is 1. The van der Waals surface area contributed by atoms with Gasteiger partial charge in [0.1, 0.15) is 0 Å². The number of carboxylic acids is 1. The molecule has 0 unspecified atom stereocenters. The smallest absolute Gasteiger partial charge is 0.337 e. The van der Waals surface area contributed by atoms with E-state index in [1.807, 2.05) is 24.5 Å². The van der Waals surface area contributed by atoms with E-state index in [9.17, 15) is 19.7 Å². The van der Waals surface area contributed by atoms with E-state index in [0.29, 0.717) is 11.3 Å². The van der Waals surface area contributed by atoms with Gasteiger partial charge in [0.25, 0.3) is 5.91 Å². The van der Waals surface area contributed by atoms with Crippen molar-refractivity contribution in [1.29, 1.82) is 0 Å². The molecule has 0 aliphatic rings. The lowest BCUT2D eigenvalue weighted by Gasteiger charge is -2.11. The summed E-state index contributed by atoms with van der Waals surface area (Å²) in [5, 5.41) is 24.2. The predicted octanol–water partition coefficient (Wildman–Crippen LogP) is 3.88. The quantitative estimate of drug-likeness (QED) is 0.291. The van der Waals surface area contributed by atoms with E-state index in [1.165, 1.54) is 30.5 Å². The number of nitro groups is 1. The van der Waals surface area contributed by atoms with Gasteiger partial charge in [-0.1, -0.05) is 23.7 Å². The Bertz CT molecular complexity index is 1270. The molecule has 1 heterocycles. The van der Waals surface area contributed by atoms with Gasteiger partial charge in [-0.3, -0.25) is 14.9 Å². The Hall–Kier alpha value is -4.18. The maximum Gasteiger partial charge on any atom is 0.337 e. The first-order valence-corrected chi connectivity index (χ1v) is 9.97. The van der Waals surface area contributed by atoms with Crippen molar-refractivity contribution in [3.8, 4) is 11.4 Å². The van der Waals surface area contributed by atoms with Crippen LogP contribution in [0.15, 0.2) is 53.6 Å². The molecule has 33 heavy (non-hydrogen) atoms. The highest BCUT2D eigenvalue weighted by Crippen LogP contribution is 2.26. The molecule has 0 radical (unpaired) electrons. The van der Waals surface area contributed by atoms with Crippen molar-refractivity contribution in [2.24, 2.45) is 5.10 Å². The van der Waals surface area contributed by atoms with Crippen LogP contribution in [0, 0.1) is 24.0 Å². The van der Waals surface area contributed by atoms with Gasteiger partial charge in [0, 0.05) is 28.7 Å². The number of para-hydroxylation sites is 2. The zero-order chi connectivity index (χ0) is 24.1. The van der Waals surface area contributed by atoms with Gasteiger partial charge in [-0.05, 0) is 44.2 Å². The van der Waals surface area contributed by atoms with E-state index in [1.54, 1.807) is 18.2 Å². The van der Waals surface area contributed by atoms with Gasteiger partial charge in [-0.15, -0.1) is 0 Å². The van der Waals surface area contributed by atoms with Crippen LogP contribution in [0.4, 0.5) is 5.69 Å². The number of aromatic carboxylic acids is 1. The summed E-state index contributed by atoms with van der Waals surface area (Å²) >= 11 is 6.09. The number of benzene rings is 2. The van der Waals surface area contributed by atoms with Gasteiger partial charge in [-0.25, -0.2) is 10.2 Å². The number of hydrogen-bond donors (Lipinski definition) is 2. The number of hydrazone groups is 1. The number of aryl methyl sites for hydroxylation is 1. The Morgan fingerprint density at radius 1 is 1.24 bits per heavy atom. The molecule has 0 aliphatic heterocycles. The number of nitrogens with one attached hydrogen (secondary N) is 1. The molecule has 0 saturated carbocycles. The molecule has 170 valence electrons. The molecule has 0 fully saturated rings. The number of nitro benzene ring substituents is 1. The first-order valence-electron chi connectivity index (χ1n) is 9.59. The van der Waals surface area contributed by atoms with Gasteiger partial charge < -0.3 is 14.4 Å². The lowest BCUT2D eigenvalue weighted by Crippen LogP contribution is -2.24. The SMILES string of the molecule is Cc1cc(/C=N/NC(=O)COc2ccccc2[N+](=O)[O-])c(C)n1-c1ccc(C(=O)O)c(Cl)c1. The van der Waals surface area contributed by atoms with Crippen LogP contribution < -0.4 is 10.2 Å². The number of carboxylic acid groups (broad SMARTS) is 1. The Labute approximate surface area is 193 Å². The van der Waals surface area contributed by atoms with E-state index in [4.69, 9.17) is 21.4 Å². The van der Waals surface area contributed by atoms with Crippen molar-refractivity contribution in [3.05, 3.63) is 86.2 Å². The summed E-state index contributed by atoms with van der Waals surface area (Å²) < 4.78 is 7.09. The third-order valence-corrected chi connectivity index (χ3v) is 5.04. The molecule has 0 aliphatic carbocycles. The number of nitrogens with zero attached hydrogens (tertiary/aromatic N) is 3. The van der Waals surface area contributed by atoms with Crippen LogP contribution in [-0.4, -0.2) is 39.3 Å². The molecule has 3 rings (SSSR count). The zero-order valence-corrected chi connectivity index (χ0v) is 18.4. The minimum atomic E-state index is -1.11. The number of carbonyl (C=O) groups excluding carboxylic acids is 1. The molecule has 2 aromatic carbocycles. The van der Waals surface area contributed by atoms with Crippen molar-refractivity contribution in [2.75, 3.05) is 6.61 Å². The van der Waals surface area contributed by atoms with E-state index >= 15 is 0 Å². The molecular weight excluding hydrogens is 452 g/mol. The molecule has 1 aromatic heterocycles. The molecule has 0 atom stereocenters. The van der Waals surface area contributed by atoms with E-state index < -0.39 is 23.4 Å². The van der Waals surface area contributed by atoms with Gasteiger partial charge >= 0.3 is 11.7 Å². The second-order valence-electron chi connectivity index (χ2n) is 6.94. The lowest BCUT2D eigenvalue weighted by molar-refractivity contribution is -0.385. The summed E-state index contributed by atoms with van der Waals surface area (Å²) in [5.41, 5.74) is 5.12. The average molecular weight is 471 g/mol. The molecule has 3 aromatic rings. The van der Waals surface area contributed by atoms with Crippen LogP contribution in [0.5, 0.6) is 5.75 Å². The topological polar surface area (TPSA) is 136 Å². The summed E-state index contributed by atoms with van der Waals surface area (Å²) in [4.78, 5) is 33.6.